The maximum Gasteiger partial charge on any atom is 0.248 e. The largest absolute Gasteiger partial charge is 0.510 e. The number of likely N-dealkylation sites (N-methyl/N-ethyl adjacent to an activating group) is 1. The summed E-state index contributed by atoms with van der Waals surface area (Å²) in [5.74, 6) is -5.74. The van der Waals surface area contributed by atoms with E-state index in [1.54, 1.807) is 26.2 Å². The predicted molar refractivity (Wildman–Crippen MR) is 143 cm³/mol. The highest BCUT2D eigenvalue weighted by Crippen LogP contribution is 2.57. The molecule has 3 aliphatic carbocycles. The zero-order valence-corrected chi connectivity index (χ0v) is 22.3. The highest BCUT2D eigenvalue weighted by atomic mass is 16.3. The van der Waals surface area contributed by atoms with Crippen LogP contribution in [0.25, 0.3) is 0 Å². The maximum absolute atomic E-state index is 13.9. The Morgan fingerprint density at radius 2 is 1.74 bits per heavy atom. The normalized spacial score (nSPS) is 30.2. The number of aromatic hydroxyl groups is 1. The summed E-state index contributed by atoms with van der Waals surface area (Å²) in [6.45, 7) is 3.95. The van der Waals surface area contributed by atoms with Gasteiger partial charge in [0.05, 0.1) is 23.3 Å². The van der Waals surface area contributed by atoms with Gasteiger partial charge in [-0.3, -0.25) is 14.5 Å². The molecular formula is C30H34N2O7. The van der Waals surface area contributed by atoms with Crippen LogP contribution in [0, 0.1) is 25.7 Å². The minimum absolute atomic E-state index is 0.00686. The molecule has 9 heteroatoms. The number of Topliss-reactive ketones (excluding diaryl/α,β-unsaturated/α-hetero) is 1. The van der Waals surface area contributed by atoms with Crippen molar-refractivity contribution in [2.75, 3.05) is 14.1 Å². The summed E-state index contributed by atoms with van der Waals surface area (Å²) in [5.41, 5.74) is 6.31. The van der Waals surface area contributed by atoms with Crippen LogP contribution in [0.3, 0.4) is 0 Å². The maximum atomic E-state index is 13.9. The molecule has 6 unspecified atom stereocenters. The van der Waals surface area contributed by atoms with Crippen molar-refractivity contribution in [3.05, 3.63) is 86.9 Å². The zero-order chi connectivity index (χ0) is 28.5. The van der Waals surface area contributed by atoms with Crippen LogP contribution in [0.5, 0.6) is 5.75 Å². The number of nitrogens with zero attached hydrogens (tertiary/aromatic N) is 1. The Labute approximate surface area is 226 Å². The number of aryl methyl sites for hydroxylation is 2. The molecule has 7 N–H and O–H groups in total. The number of ketones is 1. The van der Waals surface area contributed by atoms with Crippen LogP contribution >= 0.6 is 0 Å². The summed E-state index contributed by atoms with van der Waals surface area (Å²) in [4.78, 5) is 27.6. The molecule has 0 aromatic heterocycles. The lowest BCUT2D eigenvalue weighted by Gasteiger charge is -2.55. The van der Waals surface area contributed by atoms with Gasteiger partial charge in [0.15, 0.2) is 5.78 Å². The third-order valence-electron chi connectivity index (χ3n) is 8.63. The van der Waals surface area contributed by atoms with Crippen LogP contribution in [0.2, 0.25) is 0 Å². The molecule has 206 valence electrons. The molecule has 0 saturated carbocycles. The van der Waals surface area contributed by atoms with Gasteiger partial charge in [-0.05, 0) is 57.5 Å². The van der Waals surface area contributed by atoms with Gasteiger partial charge in [0.25, 0.3) is 0 Å². The summed E-state index contributed by atoms with van der Waals surface area (Å²) in [6.07, 6.45) is -1.62. The fourth-order valence-electron chi connectivity index (χ4n) is 7.18. The van der Waals surface area contributed by atoms with E-state index in [1.807, 2.05) is 32.0 Å². The molecule has 0 saturated heterocycles. The fraction of sp³-hybridized carbons (Fsp3) is 0.400. The summed E-state index contributed by atoms with van der Waals surface area (Å²) in [5, 5.41) is 57.4. The van der Waals surface area contributed by atoms with Gasteiger partial charge in [-0.1, -0.05) is 41.5 Å². The second-order valence-electron chi connectivity index (χ2n) is 11.4. The summed E-state index contributed by atoms with van der Waals surface area (Å²) in [6, 6.07) is 9.73. The van der Waals surface area contributed by atoms with E-state index in [0.717, 1.165) is 16.7 Å². The molecule has 0 radical (unpaired) electrons. The Balaban J connectivity index is 1.77. The number of benzene rings is 2. The van der Waals surface area contributed by atoms with Gasteiger partial charge in [-0.15, -0.1) is 0 Å². The monoisotopic (exact) mass is 534 g/mol. The van der Waals surface area contributed by atoms with E-state index in [-0.39, 0.29) is 28.2 Å². The molecule has 39 heavy (non-hydrogen) atoms. The number of hydrogen-bond donors (Lipinski definition) is 6. The second kappa shape index (κ2) is 9.22. The number of primary amides is 1. The first-order valence-corrected chi connectivity index (χ1v) is 12.9. The van der Waals surface area contributed by atoms with Crippen molar-refractivity contribution in [1.82, 2.24) is 4.90 Å². The minimum atomic E-state index is -2.27. The van der Waals surface area contributed by atoms with Crippen LogP contribution in [0.15, 0.2) is 59.1 Å². The number of amides is 1. The van der Waals surface area contributed by atoms with Crippen LogP contribution in [-0.2, 0) is 11.2 Å². The molecule has 1 amide bonds. The number of nitrogens with two attached hydrogens (primary N) is 1. The lowest BCUT2D eigenvalue weighted by molar-refractivity contribution is -0.137. The molecule has 5 rings (SSSR count). The lowest BCUT2D eigenvalue weighted by Crippen LogP contribution is -2.65. The number of carbonyl (C=O) groups excluding carboxylic acids is 2. The highest BCUT2D eigenvalue weighted by molar-refractivity contribution is 6.14. The van der Waals surface area contributed by atoms with Gasteiger partial charge in [0.1, 0.15) is 22.9 Å². The van der Waals surface area contributed by atoms with Crippen molar-refractivity contribution < 1.29 is 35.1 Å². The number of fused-ring (bicyclic) bond motifs is 3. The molecular weight excluding hydrogens is 500 g/mol. The number of rotatable bonds is 4. The molecule has 0 bridgehead atoms. The molecule has 9 nitrogen and oxygen atoms in total. The number of aliphatic hydroxyl groups excluding tert-OH is 3. The summed E-state index contributed by atoms with van der Waals surface area (Å²) < 4.78 is 0. The van der Waals surface area contributed by atoms with E-state index in [2.05, 4.69) is 0 Å². The first-order chi connectivity index (χ1) is 18.3. The van der Waals surface area contributed by atoms with Crippen molar-refractivity contribution in [1.29, 1.82) is 0 Å². The van der Waals surface area contributed by atoms with Crippen molar-refractivity contribution in [2.24, 2.45) is 17.6 Å². The Kier molecular flexibility index (Phi) is 6.37. The molecule has 0 spiro atoms. The van der Waals surface area contributed by atoms with Crippen LogP contribution in [0.1, 0.15) is 45.0 Å². The van der Waals surface area contributed by atoms with E-state index in [1.165, 1.54) is 11.0 Å². The third kappa shape index (κ3) is 3.95. The third-order valence-corrected chi connectivity index (χ3v) is 8.63. The zero-order valence-electron chi connectivity index (χ0n) is 22.3. The molecule has 2 aromatic rings. The Morgan fingerprint density at radius 3 is 2.33 bits per heavy atom. The quantitative estimate of drug-likeness (QED) is 0.348. The standard InChI is InChI=1S/C30H34N2O7/c1-13-8-14(2)10-15(9-13)11-17-16-6-5-7-19(33)20(16)26(35)22-21(17)27(36)23-24(32(3)4)25(34)18(29(31)38)12-30(23,39)28(22)37/h5-10,17,21,23-24,27,33-34,36-37,39H,11-12H2,1-4H3,(H2,31,38). The van der Waals surface area contributed by atoms with Crippen molar-refractivity contribution in [3.63, 3.8) is 0 Å². The van der Waals surface area contributed by atoms with Gasteiger partial charge in [0.2, 0.25) is 5.91 Å². The van der Waals surface area contributed by atoms with Crippen molar-refractivity contribution in [3.8, 4) is 5.75 Å². The predicted octanol–water partition coefficient (Wildman–Crippen LogP) is 2.31. The van der Waals surface area contributed by atoms with Gasteiger partial charge in [0, 0.05) is 23.8 Å². The molecule has 3 aliphatic rings. The lowest BCUT2D eigenvalue weighted by atomic mass is 9.54. The van der Waals surface area contributed by atoms with E-state index in [4.69, 9.17) is 5.73 Å². The fourth-order valence-corrected chi connectivity index (χ4v) is 7.18. The smallest absolute Gasteiger partial charge is 0.248 e. The van der Waals surface area contributed by atoms with E-state index < -0.39 is 59.4 Å². The Bertz CT molecular complexity index is 1440. The molecule has 0 heterocycles. The first kappa shape index (κ1) is 26.9. The van der Waals surface area contributed by atoms with Crippen molar-refractivity contribution >= 4 is 11.7 Å². The van der Waals surface area contributed by atoms with Gasteiger partial charge in [-0.2, -0.15) is 0 Å². The Hall–Kier alpha value is -3.66. The highest BCUT2D eigenvalue weighted by Gasteiger charge is 2.63. The summed E-state index contributed by atoms with van der Waals surface area (Å²) >= 11 is 0. The topological polar surface area (TPSA) is 165 Å². The number of phenolic OH excluding ortho intramolecular Hbond substituents is 1. The number of phenols is 1. The average Bonchev–Trinajstić information content (AvgIpc) is 2.83. The molecule has 2 aromatic carbocycles. The average molecular weight is 535 g/mol. The molecule has 0 fully saturated rings. The van der Waals surface area contributed by atoms with Crippen LogP contribution in [0.4, 0.5) is 0 Å². The minimum Gasteiger partial charge on any atom is -0.510 e. The Morgan fingerprint density at radius 1 is 1.10 bits per heavy atom. The molecule has 0 aliphatic heterocycles. The van der Waals surface area contributed by atoms with Crippen LogP contribution < -0.4 is 5.73 Å². The SMILES string of the molecule is Cc1cc(C)cc(CC2c3cccc(O)c3C(=O)C3=C(O)C4(O)CC(C(N)=O)=C(O)C(N(C)C)C4C(O)C32)c1. The number of aliphatic hydroxyl groups is 4. The van der Waals surface area contributed by atoms with Gasteiger partial charge in [-0.25, -0.2) is 0 Å². The van der Waals surface area contributed by atoms with E-state index in [0.29, 0.717) is 12.0 Å². The molecule has 6 atom stereocenters. The van der Waals surface area contributed by atoms with E-state index in [9.17, 15) is 35.1 Å². The van der Waals surface area contributed by atoms with E-state index >= 15 is 0 Å². The first-order valence-electron chi connectivity index (χ1n) is 12.9. The number of hydrogen-bond acceptors (Lipinski definition) is 8. The van der Waals surface area contributed by atoms with Gasteiger partial charge >= 0.3 is 0 Å². The summed E-state index contributed by atoms with van der Waals surface area (Å²) in [7, 11) is 3.22. The van der Waals surface area contributed by atoms with Gasteiger partial charge < -0.3 is 31.3 Å². The number of carbonyl (C=O) groups is 2. The van der Waals surface area contributed by atoms with Crippen molar-refractivity contribution in [2.45, 2.75) is 50.4 Å². The second-order valence-corrected chi connectivity index (χ2v) is 11.4. The van der Waals surface area contributed by atoms with Crippen LogP contribution in [-0.4, -0.2) is 74.0 Å².